The molecule has 1 rings (SSSR count). The molecular weight excluding hydrogens is 249 g/mol. The average molecular weight is 251 g/mol. The number of pyridine rings is 1. The Labute approximate surface area is 80.1 Å². The second-order valence-corrected chi connectivity index (χ2v) is 2.95. The summed E-state index contributed by atoms with van der Waals surface area (Å²) < 4.78 is 36.3. The summed E-state index contributed by atoms with van der Waals surface area (Å²) in [5.74, 6) is 0. The van der Waals surface area contributed by atoms with E-state index < -0.39 is 11.7 Å². The zero-order valence-corrected chi connectivity index (χ0v) is 7.65. The monoisotopic (exact) mass is 250 g/mol. The predicted molar refractivity (Wildman–Crippen MR) is 41.7 cm³/mol. The van der Waals surface area contributed by atoms with Gasteiger partial charge in [-0.2, -0.15) is 18.4 Å². The van der Waals surface area contributed by atoms with Crippen LogP contribution in [0.25, 0.3) is 0 Å². The third-order valence-electron chi connectivity index (χ3n) is 1.31. The molecule has 1 aromatic rings. The second-order valence-electron chi connectivity index (χ2n) is 2.16. The molecule has 0 atom stereocenters. The fourth-order valence-corrected chi connectivity index (χ4v) is 1.24. The van der Waals surface area contributed by atoms with E-state index in [0.29, 0.717) is 6.20 Å². The lowest BCUT2D eigenvalue weighted by atomic mass is 10.2. The van der Waals surface area contributed by atoms with E-state index in [2.05, 4.69) is 20.9 Å². The number of hydrogen-bond donors (Lipinski definition) is 0. The van der Waals surface area contributed by atoms with Gasteiger partial charge in [-0.15, -0.1) is 0 Å². The maximum Gasteiger partial charge on any atom is 0.419 e. The van der Waals surface area contributed by atoms with Gasteiger partial charge in [0.15, 0.2) is 0 Å². The Kier molecular flexibility index (Phi) is 2.57. The van der Waals surface area contributed by atoms with Crippen molar-refractivity contribution in [3.05, 3.63) is 28.0 Å². The van der Waals surface area contributed by atoms with E-state index in [1.165, 1.54) is 0 Å². The van der Waals surface area contributed by atoms with Gasteiger partial charge in [0.1, 0.15) is 6.07 Å². The Morgan fingerprint density at radius 2 is 2.00 bits per heavy atom. The highest BCUT2D eigenvalue weighted by molar-refractivity contribution is 9.10. The SMILES string of the molecule is N#Cc1cncc(C(F)(F)F)c1Br. The van der Waals surface area contributed by atoms with Gasteiger partial charge in [0.25, 0.3) is 0 Å². The van der Waals surface area contributed by atoms with E-state index in [-0.39, 0.29) is 10.0 Å². The number of halogens is 4. The van der Waals surface area contributed by atoms with Crippen molar-refractivity contribution in [1.29, 1.82) is 5.26 Å². The first kappa shape index (κ1) is 9.99. The van der Waals surface area contributed by atoms with E-state index in [4.69, 9.17) is 5.26 Å². The Balaban J connectivity index is 3.34. The Bertz CT molecular complexity index is 367. The van der Waals surface area contributed by atoms with Crippen LogP contribution in [0.2, 0.25) is 0 Å². The minimum atomic E-state index is -4.49. The third kappa shape index (κ3) is 1.98. The molecule has 1 heterocycles. The molecule has 0 N–H and O–H groups in total. The fraction of sp³-hybridized carbons (Fsp3) is 0.143. The Morgan fingerprint density at radius 1 is 1.38 bits per heavy atom. The molecule has 0 aromatic carbocycles. The van der Waals surface area contributed by atoms with Crippen molar-refractivity contribution in [2.24, 2.45) is 0 Å². The highest BCUT2D eigenvalue weighted by atomic mass is 79.9. The van der Waals surface area contributed by atoms with Crippen LogP contribution in [0.1, 0.15) is 11.1 Å². The molecule has 0 saturated heterocycles. The first-order valence-electron chi connectivity index (χ1n) is 3.07. The van der Waals surface area contributed by atoms with Gasteiger partial charge in [0, 0.05) is 12.4 Å². The summed E-state index contributed by atoms with van der Waals surface area (Å²) in [6, 6.07) is 1.60. The van der Waals surface area contributed by atoms with Crippen LogP contribution in [0.15, 0.2) is 16.9 Å². The van der Waals surface area contributed by atoms with Crippen LogP contribution in [0, 0.1) is 11.3 Å². The van der Waals surface area contributed by atoms with E-state index in [0.717, 1.165) is 6.20 Å². The van der Waals surface area contributed by atoms with E-state index in [9.17, 15) is 13.2 Å². The van der Waals surface area contributed by atoms with Crippen LogP contribution in [0.4, 0.5) is 13.2 Å². The van der Waals surface area contributed by atoms with Gasteiger partial charge in [0.05, 0.1) is 15.6 Å². The minimum absolute atomic E-state index is 0.130. The molecule has 0 aliphatic heterocycles. The average Bonchev–Trinajstić information content (AvgIpc) is 2.02. The molecule has 13 heavy (non-hydrogen) atoms. The van der Waals surface area contributed by atoms with Crippen LogP contribution in [0.5, 0.6) is 0 Å². The van der Waals surface area contributed by atoms with E-state index in [1.807, 2.05) is 0 Å². The first-order chi connectivity index (χ1) is 5.96. The number of alkyl halides is 3. The number of nitriles is 1. The van der Waals surface area contributed by atoms with Gasteiger partial charge in [0.2, 0.25) is 0 Å². The zero-order chi connectivity index (χ0) is 10.1. The second kappa shape index (κ2) is 3.34. The summed E-state index contributed by atoms with van der Waals surface area (Å²) in [6.07, 6.45) is -2.75. The Morgan fingerprint density at radius 3 is 2.46 bits per heavy atom. The van der Waals surface area contributed by atoms with Gasteiger partial charge in [-0.05, 0) is 15.9 Å². The number of nitrogens with zero attached hydrogens (tertiary/aromatic N) is 2. The van der Waals surface area contributed by atoms with Crippen molar-refractivity contribution >= 4 is 15.9 Å². The summed E-state index contributed by atoms with van der Waals surface area (Å²) in [5, 5.41) is 8.42. The third-order valence-corrected chi connectivity index (χ3v) is 2.16. The van der Waals surface area contributed by atoms with E-state index >= 15 is 0 Å². The quantitative estimate of drug-likeness (QED) is 0.710. The molecule has 0 fully saturated rings. The fourth-order valence-electron chi connectivity index (χ4n) is 0.720. The normalized spacial score (nSPS) is 11.0. The molecule has 0 unspecified atom stereocenters. The van der Waals surface area contributed by atoms with Crippen LogP contribution in [0.3, 0.4) is 0 Å². The molecule has 0 bridgehead atoms. The van der Waals surface area contributed by atoms with Crippen LogP contribution in [-0.2, 0) is 6.18 Å². The summed E-state index contributed by atoms with van der Waals surface area (Å²) in [7, 11) is 0. The summed E-state index contributed by atoms with van der Waals surface area (Å²) in [4.78, 5) is 3.31. The smallest absolute Gasteiger partial charge is 0.263 e. The Hall–Kier alpha value is -1.09. The summed E-state index contributed by atoms with van der Waals surface area (Å²) >= 11 is 2.69. The van der Waals surface area contributed by atoms with Gasteiger partial charge < -0.3 is 0 Å². The van der Waals surface area contributed by atoms with E-state index in [1.54, 1.807) is 6.07 Å². The molecule has 0 aliphatic carbocycles. The van der Waals surface area contributed by atoms with Crippen molar-refractivity contribution in [2.75, 3.05) is 0 Å². The molecule has 68 valence electrons. The molecule has 6 heteroatoms. The van der Waals surface area contributed by atoms with Gasteiger partial charge in [-0.1, -0.05) is 0 Å². The van der Waals surface area contributed by atoms with Crippen LogP contribution in [-0.4, -0.2) is 4.98 Å². The van der Waals surface area contributed by atoms with Gasteiger partial charge in [-0.25, -0.2) is 0 Å². The maximum absolute atomic E-state index is 12.2. The first-order valence-corrected chi connectivity index (χ1v) is 3.87. The lowest BCUT2D eigenvalue weighted by Crippen LogP contribution is -2.07. The highest BCUT2D eigenvalue weighted by Gasteiger charge is 2.34. The van der Waals surface area contributed by atoms with Gasteiger partial charge >= 0.3 is 6.18 Å². The molecule has 1 aromatic heterocycles. The largest absolute Gasteiger partial charge is 0.419 e. The molecule has 0 amide bonds. The van der Waals surface area contributed by atoms with Crippen molar-refractivity contribution in [2.45, 2.75) is 6.18 Å². The maximum atomic E-state index is 12.2. The summed E-state index contributed by atoms with van der Waals surface area (Å²) in [5.41, 5.74) is -1.07. The number of aromatic nitrogens is 1. The lowest BCUT2D eigenvalue weighted by Gasteiger charge is -2.08. The van der Waals surface area contributed by atoms with Crippen molar-refractivity contribution in [1.82, 2.24) is 4.98 Å². The van der Waals surface area contributed by atoms with Crippen molar-refractivity contribution in [3.63, 3.8) is 0 Å². The highest BCUT2D eigenvalue weighted by Crippen LogP contribution is 2.35. The lowest BCUT2D eigenvalue weighted by molar-refractivity contribution is -0.138. The van der Waals surface area contributed by atoms with Crippen molar-refractivity contribution < 1.29 is 13.2 Å². The zero-order valence-electron chi connectivity index (χ0n) is 6.06. The number of rotatable bonds is 0. The van der Waals surface area contributed by atoms with Gasteiger partial charge in [-0.3, -0.25) is 4.98 Å². The topological polar surface area (TPSA) is 36.7 Å². The predicted octanol–water partition coefficient (Wildman–Crippen LogP) is 2.73. The van der Waals surface area contributed by atoms with Crippen LogP contribution < -0.4 is 0 Å². The number of hydrogen-bond acceptors (Lipinski definition) is 2. The molecule has 0 radical (unpaired) electrons. The van der Waals surface area contributed by atoms with Crippen LogP contribution >= 0.6 is 15.9 Å². The van der Waals surface area contributed by atoms with Crippen molar-refractivity contribution in [3.8, 4) is 6.07 Å². The standard InChI is InChI=1S/C7H2BrF3N2/c8-6-4(1-12)2-13-3-5(6)7(9,10)11/h2-3H. The molecule has 2 nitrogen and oxygen atoms in total. The minimum Gasteiger partial charge on any atom is -0.263 e. The molecule has 0 aliphatic rings. The molecule has 0 spiro atoms. The molecule has 0 saturated carbocycles. The molecular formula is C7H2BrF3N2. The summed E-state index contributed by atoms with van der Waals surface area (Å²) in [6.45, 7) is 0.